The summed E-state index contributed by atoms with van der Waals surface area (Å²) < 4.78 is 18.2. The quantitative estimate of drug-likeness (QED) is 0.713. The summed E-state index contributed by atoms with van der Waals surface area (Å²) in [6.07, 6.45) is 0. The van der Waals surface area contributed by atoms with Crippen LogP contribution >= 0.6 is 0 Å². The summed E-state index contributed by atoms with van der Waals surface area (Å²) in [5, 5.41) is 0. The second-order valence-corrected chi connectivity index (χ2v) is 6.72. The van der Waals surface area contributed by atoms with Crippen molar-refractivity contribution < 1.29 is 19.0 Å². The first-order valence-electron chi connectivity index (χ1n) is 8.65. The lowest BCUT2D eigenvalue weighted by Gasteiger charge is -2.28. The largest absolute Gasteiger partial charge is 0.493 e. The number of esters is 1. The molecule has 146 valence electrons. The number of aromatic nitrogens is 2. The first-order chi connectivity index (χ1) is 13.4. The number of carbonyl (C=O) groups is 1. The van der Waals surface area contributed by atoms with Crippen molar-refractivity contribution >= 4 is 17.5 Å². The van der Waals surface area contributed by atoms with Gasteiger partial charge in [0.05, 0.1) is 25.5 Å². The molecule has 2 aromatic rings. The number of benzene rings is 1. The van der Waals surface area contributed by atoms with Crippen LogP contribution in [0.4, 0.5) is 5.82 Å². The molecule has 1 aromatic heterocycles. The highest BCUT2D eigenvalue weighted by molar-refractivity contribution is 6.10. The molecule has 4 rings (SSSR count). The normalized spacial score (nSPS) is 20.1. The molecule has 0 amide bonds. The minimum Gasteiger partial charge on any atom is -0.493 e. The highest BCUT2D eigenvalue weighted by Crippen LogP contribution is 2.44. The number of hydrogen-bond acceptors (Lipinski definition) is 7. The Bertz CT molecular complexity index is 1140. The maximum atomic E-state index is 13.0. The summed E-state index contributed by atoms with van der Waals surface area (Å²) in [6, 6.07) is 5.22. The van der Waals surface area contributed by atoms with Gasteiger partial charge in [0.1, 0.15) is 18.3 Å². The van der Waals surface area contributed by atoms with Gasteiger partial charge in [-0.1, -0.05) is 6.07 Å². The predicted octanol–water partition coefficient (Wildman–Crippen LogP) is 0.492. The molecule has 9 nitrogen and oxygen atoms in total. The molecule has 0 radical (unpaired) electrons. The summed E-state index contributed by atoms with van der Waals surface area (Å²) in [6.45, 7) is 0.0378. The monoisotopic (exact) mass is 385 g/mol. The average molecular weight is 385 g/mol. The van der Waals surface area contributed by atoms with Crippen LogP contribution in [0.1, 0.15) is 17.0 Å². The Balaban J connectivity index is 2.05. The number of hydrogen-bond donors (Lipinski definition) is 0. The molecule has 2 aliphatic heterocycles. The smallest absolute Gasteiger partial charge is 0.332 e. The van der Waals surface area contributed by atoms with Crippen molar-refractivity contribution in [1.29, 1.82) is 0 Å². The summed E-state index contributed by atoms with van der Waals surface area (Å²) in [7, 11) is 5.99. The molecule has 2 unspecified atom stereocenters. The van der Waals surface area contributed by atoms with Crippen molar-refractivity contribution in [1.82, 2.24) is 9.13 Å². The minimum atomic E-state index is -0.726. The third-order valence-electron chi connectivity index (χ3n) is 5.30. The van der Waals surface area contributed by atoms with E-state index in [2.05, 4.69) is 4.99 Å². The summed E-state index contributed by atoms with van der Waals surface area (Å²) in [5.41, 5.74) is 0.485. The van der Waals surface area contributed by atoms with Gasteiger partial charge in [0.25, 0.3) is 5.56 Å². The van der Waals surface area contributed by atoms with E-state index < -0.39 is 29.1 Å². The SMILES string of the molecule is COc1ccc(C2c3c(n(C)c(=O)n(C)c3=O)N=C3COC(=O)C32)cc1OC. The molecular weight excluding hydrogens is 366 g/mol. The van der Waals surface area contributed by atoms with Gasteiger partial charge >= 0.3 is 11.7 Å². The number of cyclic esters (lactones) is 1. The van der Waals surface area contributed by atoms with Crippen molar-refractivity contribution in [2.45, 2.75) is 5.92 Å². The molecule has 1 aromatic carbocycles. The summed E-state index contributed by atoms with van der Waals surface area (Å²) in [5.74, 6) is -0.576. The number of rotatable bonds is 3. The summed E-state index contributed by atoms with van der Waals surface area (Å²) >= 11 is 0. The molecule has 1 saturated heterocycles. The van der Waals surface area contributed by atoms with Crippen molar-refractivity contribution in [2.24, 2.45) is 25.0 Å². The van der Waals surface area contributed by atoms with Crippen molar-refractivity contribution in [3.8, 4) is 11.5 Å². The van der Waals surface area contributed by atoms with Crippen LogP contribution < -0.4 is 20.7 Å². The fraction of sp³-hybridized carbons (Fsp3) is 0.368. The Kier molecular flexibility index (Phi) is 4.10. The van der Waals surface area contributed by atoms with Gasteiger partial charge < -0.3 is 14.2 Å². The summed E-state index contributed by atoms with van der Waals surface area (Å²) in [4.78, 5) is 42.3. The van der Waals surface area contributed by atoms with E-state index in [1.807, 2.05) is 0 Å². The maximum absolute atomic E-state index is 13.0. The molecule has 9 heteroatoms. The van der Waals surface area contributed by atoms with Crippen LogP contribution in [0.3, 0.4) is 0 Å². The van der Waals surface area contributed by atoms with E-state index in [0.29, 0.717) is 22.8 Å². The van der Waals surface area contributed by atoms with Crippen LogP contribution in [0.2, 0.25) is 0 Å². The van der Waals surface area contributed by atoms with Crippen LogP contribution in [-0.4, -0.2) is 41.6 Å². The van der Waals surface area contributed by atoms with Crippen LogP contribution in [0, 0.1) is 5.92 Å². The fourth-order valence-corrected chi connectivity index (χ4v) is 3.87. The van der Waals surface area contributed by atoms with E-state index in [-0.39, 0.29) is 18.0 Å². The van der Waals surface area contributed by atoms with E-state index in [4.69, 9.17) is 14.2 Å². The van der Waals surface area contributed by atoms with Gasteiger partial charge in [-0.25, -0.2) is 9.79 Å². The Morgan fingerprint density at radius 1 is 1.04 bits per heavy atom. The minimum absolute atomic E-state index is 0.0378. The Morgan fingerprint density at radius 2 is 1.75 bits per heavy atom. The molecule has 0 bridgehead atoms. The van der Waals surface area contributed by atoms with E-state index in [0.717, 1.165) is 4.57 Å². The highest BCUT2D eigenvalue weighted by Gasteiger charge is 2.47. The van der Waals surface area contributed by atoms with Crippen LogP contribution in [-0.2, 0) is 23.6 Å². The zero-order valence-corrected chi connectivity index (χ0v) is 15.9. The first-order valence-corrected chi connectivity index (χ1v) is 8.65. The zero-order chi connectivity index (χ0) is 20.2. The fourth-order valence-electron chi connectivity index (χ4n) is 3.87. The van der Waals surface area contributed by atoms with Gasteiger partial charge in [-0.3, -0.25) is 18.7 Å². The Labute approximate surface area is 159 Å². The lowest BCUT2D eigenvalue weighted by atomic mass is 9.77. The molecule has 0 N–H and O–H groups in total. The Hall–Kier alpha value is -3.36. The molecule has 1 fully saturated rings. The van der Waals surface area contributed by atoms with Gasteiger partial charge in [0.2, 0.25) is 0 Å². The number of nitrogens with zero attached hydrogens (tertiary/aromatic N) is 3. The van der Waals surface area contributed by atoms with Gasteiger partial charge in [-0.05, 0) is 17.7 Å². The molecule has 28 heavy (non-hydrogen) atoms. The second kappa shape index (κ2) is 6.36. The first kappa shape index (κ1) is 18.0. The number of methoxy groups -OCH3 is 2. The molecule has 0 aliphatic carbocycles. The molecular formula is C19H19N3O6. The topological polar surface area (TPSA) is 101 Å². The number of aliphatic imine (C=N–C) groups is 1. The van der Waals surface area contributed by atoms with Crippen molar-refractivity contribution in [3.63, 3.8) is 0 Å². The van der Waals surface area contributed by atoms with Gasteiger partial charge in [-0.2, -0.15) is 0 Å². The van der Waals surface area contributed by atoms with Gasteiger partial charge in [0, 0.05) is 20.0 Å². The highest BCUT2D eigenvalue weighted by atomic mass is 16.5. The van der Waals surface area contributed by atoms with Crippen molar-refractivity contribution in [2.75, 3.05) is 20.8 Å². The lowest BCUT2D eigenvalue weighted by Crippen LogP contribution is -2.43. The predicted molar refractivity (Wildman–Crippen MR) is 99.9 cm³/mol. The van der Waals surface area contributed by atoms with Gasteiger partial charge in [0.15, 0.2) is 11.5 Å². The van der Waals surface area contributed by atoms with Crippen LogP contribution in [0.15, 0.2) is 32.8 Å². The van der Waals surface area contributed by atoms with E-state index in [1.54, 1.807) is 25.2 Å². The molecule has 0 spiro atoms. The molecule has 2 atom stereocenters. The van der Waals surface area contributed by atoms with Gasteiger partial charge in [-0.15, -0.1) is 0 Å². The molecule has 3 heterocycles. The van der Waals surface area contributed by atoms with E-state index in [9.17, 15) is 14.4 Å². The van der Waals surface area contributed by atoms with Crippen LogP contribution in [0.25, 0.3) is 0 Å². The molecule has 0 saturated carbocycles. The standard InChI is InChI=1S/C19H19N3O6/c1-21-16-15(17(23)22(2)19(21)25)13(14-10(20-16)8-28-18(14)24)9-5-6-11(26-3)12(7-9)27-4/h5-7,13-14H,8H2,1-4H3. The van der Waals surface area contributed by atoms with Crippen LogP contribution in [0.5, 0.6) is 11.5 Å². The average Bonchev–Trinajstić information content (AvgIpc) is 3.09. The lowest BCUT2D eigenvalue weighted by molar-refractivity contribution is -0.141. The number of carbonyl (C=O) groups excluding carboxylic acids is 1. The number of ether oxygens (including phenoxy) is 3. The Morgan fingerprint density at radius 3 is 2.43 bits per heavy atom. The molecule has 2 aliphatic rings. The van der Waals surface area contributed by atoms with Crippen molar-refractivity contribution in [3.05, 3.63) is 50.2 Å². The zero-order valence-electron chi connectivity index (χ0n) is 15.9. The third-order valence-corrected chi connectivity index (χ3v) is 5.30. The number of fused-ring (bicyclic) bond motifs is 2. The second-order valence-electron chi connectivity index (χ2n) is 6.72. The van der Waals surface area contributed by atoms with E-state index >= 15 is 0 Å². The maximum Gasteiger partial charge on any atom is 0.332 e. The van der Waals surface area contributed by atoms with E-state index in [1.165, 1.54) is 25.8 Å². The third kappa shape index (κ3) is 2.39.